The van der Waals surface area contributed by atoms with Gasteiger partial charge in [-0.25, -0.2) is 27.1 Å². The highest BCUT2D eigenvalue weighted by atomic mass is 32.2. The molecule has 0 fully saturated rings. The summed E-state index contributed by atoms with van der Waals surface area (Å²) in [6.45, 7) is 3.39. The van der Waals surface area contributed by atoms with Gasteiger partial charge in [0.05, 0.1) is 65.1 Å². The average Bonchev–Trinajstić information content (AvgIpc) is 3.84. The zero-order valence-electron chi connectivity index (χ0n) is 27.4. The number of primary sulfonamides is 2. The van der Waals surface area contributed by atoms with Gasteiger partial charge in [-0.3, -0.25) is 9.59 Å². The van der Waals surface area contributed by atoms with Crippen LogP contribution in [0, 0.1) is 10.7 Å². The second-order valence-corrected chi connectivity index (χ2v) is 15.4. The van der Waals surface area contributed by atoms with Crippen LogP contribution in [0.3, 0.4) is 0 Å². The molecule has 0 atom stereocenters. The van der Waals surface area contributed by atoms with Gasteiger partial charge in [-0.15, -0.1) is 0 Å². The molecule has 52 heavy (non-hydrogen) atoms. The number of amides is 2. The number of sulfonamides is 2. The van der Waals surface area contributed by atoms with E-state index in [1.165, 1.54) is 36.4 Å². The summed E-state index contributed by atoms with van der Waals surface area (Å²) in [5, 5.41) is 27.3. The number of H-pyrrole nitrogens is 2. The van der Waals surface area contributed by atoms with Gasteiger partial charge in [0.2, 0.25) is 20.0 Å². The van der Waals surface area contributed by atoms with Gasteiger partial charge >= 0.3 is 0 Å². The van der Waals surface area contributed by atoms with Crippen LogP contribution in [-0.4, -0.2) is 50.0 Å². The Labute approximate surface area is 295 Å². The van der Waals surface area contributed by atoms with Crippen molar-refractivity contribution >= 4 is 87.4 Å². The van der Waals surface area contributed by atoms with Crippen molar-refractivity contribution in [2.45, 2.75) is 23.6 Å². The first-order valence-electron chi connectivity index (χ1n) is 15.7. The number of nitrogens with two attached hydrogens (primary N) is 2. The van der Waals surface area contributed by atoms with Crippen LogP contribution in [0.15, 0.2) is 117 Å². The molecule has 0 spiro atoms. The highest BCUT2D eigenvalue weighted by Crippen LogP contribution is 2.28. The second kappa shape index (κ2) is 11.7. The summed E-state index contributed by atoms with van der Waals surface area (Å²) >= 11 is 0. The molecule has 14 nitrogen and oxygen atoms in total. The average molecular weight is 733 g/mol. The standard InChI is InChI=1S/C36H28N8O6S2/c1-19-29(35(45)43(41-19)21-9-7-11-23(17-21)51(37,47)48)31-25-13-3-5-15-27(25)33(39-31)34-28-16-6-4-14-26(28)32(40-34)30-20(2)42-44(36(30)46)22-10-8-12-24(18-22)52(38,49)50/h3-18,39-40H,1-2H3,(H2,37,47,48)(H2,38,49,50)/b31-29-,32-30+,34-33-. The first-order valence-corrected chi connectivity index (χ1v) is 18.8. The summed E-state index contributed by atoms with van der Waals surface area (Å²) in [4.78, 5) is 34.7. The molecule has 0 saturated heterocycles. The minimum atomic E-state index is -4.02. The molecule has 0 saturated carbocycles. The van der Waals surface area contributed by atoms with Gasteiger partial charge in [0.25, 0.3) is 11.8 Å². The molecule has 2 aliphatic rings. The number of benzene rings is 4. The molecule has 260 valence electrons. The lowest BCUT2D eigenvalue weighted by Gasteiger charge is -2.12. The fourth-order valence-electron chi connectivity index (χ4n) is 6.67. The number of carbonyl (C=O) groups is 2. The summed E-state index contributed by atoms with van der Waals surface area (Å²) in [7, 11) is -8.05. The fourth-order valence-corrected chi connectivity index (χ4v) is 7.78. The number of aromatic amines is 2. The van der Waals surface area contributed by atoms with E-state index in [0.29, 0.717) is 44.0 Å². The number of anilines is 2. The molecular weight excluding hydrogens is 705 g/mol. The molecule has 2 aromatic heterocycles. The highest BCUT2D eigenvalue weighted by Gasteiger charge is 2.33. The van der Waals surface area contributed by atoms with E-state index in [0.717, 1.165) is 31.6 Å². The third-order valence-electron chi connectivity index (χ3n) is 9.00. The first-order chi connectivity index (χ1) is 24.7. The molecule has 4 heterocycles. The molecule has 6 N–H and O–H groups in total. The van der Waals surface area contributed by atoms with Gasteiger partial charge < -0.3 is 9.97 Å². The van der Waals surface area contributed by atoms with Gasteiger partial charge in [-0.2, -0.15) is 20.2 Å². The number of nitrogens with one attached hydrogen (secondary N) is 2. The molecule has 16 heteroatoms. The van der Waals surface area contributed by atoms with Crippen molar-refractivity contribution in [1.82, 2.24) is 9.97 Å². The van der Waals surface area contributed by atoms with E-state index in [-0.39, 0.29) is 21.2 Å². The Morgan fingerprint density at radius 3 is 1.21 bits per heavy atom. The summed E-state index contributed by atoms with van der Waals surface area (Å²) in [5.74, 6) is -0.935. The summed E-state index contributed by atoms with van der Waals surface area (Å²) < 4.78 is 48.1. The van der Waals surface area contributed by atoms with E-state index in [2.05, 4.69) is 20.2 Å². The van der Waals surface area contributed by atoms with Crippen LogP contribution < -0.4 is 31.0 Å². The van der Waals surface area contributed by atoms with Gasteiger partial charge in [0, 0.05) is 21.5 Å². The Morgan fingerprint density at radius 1 is 0.519 bits per heavy atom. The van der Waals surface area contributed by atoms with E-state index in [9.17, 15) is 26.4 Å². The van der Waals surface area contributed by atoms with Gasteiger partial charge in [0.1, 0.15) is 0 Å². The molecule has 0 aliphatic carbocycles. The molecule has 2 aliphatic heterocycles. The molecular formula is C36H28N8O6S2. The highest BCUT2D eigenvalue weighted by molar-refractivity contribution is 7.89. The third kappa shape index (κ3) is 5.24. The number of carbonyl (C=O) groups excluding carboxylic acids is 2. The van der Waals surface area contributed by atoms with Crippen LogP contribution >= 0.6 is 0 Å². The first kappa shape index (κ1) is 33.0. The van der Waals surface area contributed by atoms with Crippen LogP contribution in [0.1, 0.15) is 13.8 Å². The van der Waals surface area contributed by atoms with Crippen molar-refractivity contribution in [2.75, 3.05) is 10.0 Å². The van der Waals surface area contributed by atoms with Crippen molar-refractivity contribution in [1.29, 1.82) is 0 Å². The van der Waals surface area contributed by atoms with Gasteiger partial charge in [0.15, 0.2) is 0 Å². The lowest BCUT2D eigenvalue weighted by Crippen LogP contribution is -2.26. The van der Waals surface area contributed by atoms with Crippen molar-refractivity contribution < 1.29 is 26.4 Å². The summed E-state index contributed by atoms with van der Waals surface area (Å²) in [6, 6.07) is 26.5. The Kier molecular flexibility index (Phi) is 7.40. The van der Waals surface area contributed by atoms with Crippen LogP contribution in [0.25, 0.3) is 32.7 Å². The molecule has 8 rings (SSSR count). The number of hydrogen-bond acceptors (Lipinski definition) is 8. The summed E-state index contributed by atoms with van der Waals surface area (Å²) in [6.07, 6.45) is 0. The van der Waals surface area contributed by atoms with Crippen LogP contribution in [0.2, 0.25) is 0 Å². The third-order valence-corrected chi connectivity index (χ3v) is 10.8. The van der Waals surface area contributed by atoms with E-state index in [4.69, 9.17) is 10.3 Å². The normalized spacial score (nSPS) is 18.2. The molecule has 0 unspecified atom stereocenters. The van der Waals surface area contributed by atoms with Gasteiger partial charge in [-0.05, 0) is 50.2 Å². The number of hydrogen-bond donors (Lipinski definition) is 4. The number of hydrazone groups is 2. The Balaban J connectivity index is 1.37. The molecule has 2 amide bonds. The van der Waals surface area contributed by atoms with Crippen LogP contribution in [0.5, 0.6) is 0 Å². The van der Waals surface area contributed by atoms with Crippen molar-refractivity contribution in [2.24, 2.45) is 20.5 Å². The van der Waals surface area contributed by atoms with E-state index in [1.54, 1.807) is 26.0 Å². The largest absolute Gasteiger partial charge is 0.352 e. The number of fused-ring (bicyclic) bond motifs is 2. The quantitative estimate of drug-likeness (QED) is 0.213. The smallest absolute Gasteiger partial charge is 0.282 e. The van der Waals surface area contributed by atoms with Crippen LogP contribution in [0.4, 0.5) is 11.4 Å². The van der Waals surface area contributed by atoms with E-state index >= 15 is 0 Å². The predicted molar refractivity (Wildman–Crippen MR) is 197 cm³/mol. The second-order valence-electron chi connectivity index (χ2n) is 12.3. The predicted octanol–water partition coefficient (Wildman–Crippen LogP) is 2.38. The Morgan fingerprint density at radius 2 is 0.865 bits per heavy atom. The molecule has 0 bridgehead atoms. The zero-order valence-corrected chi connectivity index (χ0v) is 29.1. The number of rotatable bonds is 4. The van der Waals surface area contributed by atoms with Crippen LogP contribution in [-0.2, 0) is 29.6 Å². The zero-order chi connectivity index (χ0) is 36.7. The maximum atomic E-state index is 14.0. The maximum absolute atomic E-state index is 14.0. The van der Waals surface area contributed by atoms with Gasteiger partial charge in [-0.1, -0.05) is 60.7 Å². The maximum Gasteiger partial charge on any atom is 0.282 e. The molecule has 4 aromatic carbocycles. The van der Waals surface area contributed by atoms with Crippen molar-refractivity contribution in [3.05, 3.63) is 118 Å². The number of nitrogens with zero attached hydrogens (tertiary/aromatic N) is 4. The van der Waals surface area contributed by atoms with E-state index < -0.39 is 31.9 Å². The van der Waals surface area contributed by atoms with E-state index in [1.807, 2.05) is 48.5 Å². The monoisotopic (exact) mass is 732 g/mol. The number of aromatic nitrogens is 2. The minimum absolute atomic E-state index is 0.153. The fraction of sp³-hybridized carbons (Fsp3) is 0.0556. The SMILES string of the molecule is CC1=NN(c2cccc(S(N)(=O)=O)c2)C(=O)/C1=c1\[nH]/c(=c2\[nH]/c(=C3/C(=O)N(c4cccc(S(N)(=O)=O)c4)N=C3C)c3ccccc23)c2ccccc12. The molecule has 6 aromatic rings. The van der Waals surface area contributed by atoms with Crippen molar-refractivity contribution in [3.8, 4) is 0 Å². The minimum Gasteiger partial charge on any atom is -0.352 e. The van der Waals surface area contributed by atoms with Crippen molar-refractivity contribution in [3.63, 3.8) is 0 Å². The topological polar surface area (TPSA) is 217 Å². The Hall–Kier alpha value is -6.20. The lowest BCUT2D eigenvalue weighted by molar-refractivity contribution is -0.113. The lowest BCUT2D eigenvalue weighted by atomic mass is 10.1. The Bertz CT molecular complexity index is 2900. The molecule has 0 radical (unpaired) electrons. The summed E-state index contributed by atoms with van der Waals surface area (Å²) in [5.41, 5.74) is 1.88.